The first-order valence-corrected chi connectivity index (χ1v) is 8.88. The predicted molar refractivity (Wildman–Crippen MR) is 103 cm³/mol. The van der Waals surface area contributed by atoms with Crippen molar-refractivity contribution >= 4 is 16.7 Å². The first-order valence-electron chi connectivity index (χ1n) is 8.88. The van der Waals surface area contributed by atoms with Gasteiger partial charge in [0.25, 0.3) is 11.5 Å². The topological polar surface area (TPSA) is 64.0 Å². The fourth-order valence-corrected chi connectivity index (χ4v) is 3.12. The standard InChI is InChI=1S/C21H23N3O2/c1-4-24-21(26)17-13-9-8-12-16(17)19(23-24)20(25)22-18(14(2)3)15-10-6-5-7-11-15/h5-14,18H,4H2,1-3H3,(H,22,25)/t18-/m0/s1. The second-order valence-corrected chi connectivity index (χ2v) is 6.62. The Hall–Kier alpha value is -2.95. The van der Waals surface area contributed by atoms with E-state index in [0.29, 0.717) is 17.3 Å². The Bertz CT molecular complexity index is 977. The molecule has 5 heteroatoms. The minimum atomic E-state index is -0.272. The van der Waals surface area contributed by atoms with E-state index in [4.69, 9.17) is 0 Å². The van der Waals surface area contributed by atoms with E-state index in [9.17, 15) is 9.59 Å². The molecule has 3 aromatic rings. The molecule has 26 heavy (non-hydrogen) atoms. The van der Waals surface area contributed by atoms with Crippen LogP contribution in [0.5, 0.6) is 0 Å². The molecule has 1 atom stereocenters. The molecule has 0 bridgehead atoms. The molecule has 0 saturated carbocycles. The highest BCUT2D eigenvalue weighted by Gasteiger charge is 2.22. The van der Waals surface area contributed by atoms with E-state index >= 15 is 0 Å². The van der Waals surface area contributed by atoms with Gasteiger partial charge in [-0.15, -0.1) is 0 Å². The van der Waals surface area contributed by atoms with Gasteiger partial charge in [0, 0.05) is 11.9 Å². The van der Waals surface area contributed by atoms with Crippen LogP contribution in [0.2, 0.25) is 0 Å². The number of nitrogens with one attached hydrogen (secondary N) is 1. The van der Waals surface area contributed by atoms with Crippen LogP contribution >= 0.6 is 0 Å². The van der Waals surface area contributed by atoms with E-state index < -0.39 is 0 Å². The molecule has 5 nitrogen and oxygen atoms in total. The highest BCUT2D eigenvalue weighted by Crippen LogP contribution is 2.22. The zero-order chi connectivity index (χ0) is 18.7. The minimum Gasteiger partial charge on any atom is -0.344 e. The molecule has 0 unspecified atom stereocenters. The molecule has 1 N–H and O–H groups in total. The Balaban J connectivity index is 2.04. The van der Waals surface area contributed by atoms with Crippen LogP contribution in [0.3, 0.4) is 0 Å². The van der Waals surface area contributed by atoms with Crippen molar-refractivity contribution in [1.29, 1.82) is 0 Å². The first kappa shape index (κ1) is 17.9. The number of aryl methyl sites for hydroxylation is 1. The third-order valence-corrected chi connectivity index (χ3v) is 4.49. The quantitative estimate of drug-likeness (QED) is 0.766. The zero-order valence-corrected chi connectivity index (χ0v) is 15.3. The summed E-state index contributed by atoms with van der Waals surface area (Å²) in [6.45, 7) is 6.38. The van der Waals surface area contributed by atoms with Gasteiger partial charge in [0.2, 0.25) is 0 Å². The fraction of sp³-hybridized carbons (Fsp3) is 0.286. The second kappa shape index (κ2) is 7.52. The van der Waals surface area contributed by atoms with Crippen molar-refractivity contribution in [2.45, 2.75) is 33.4 Å². The Labute approximate surface area is 152 Å². The molecule has 1 aromatic heterocycles. The van der Waals surface area contributed by atoms with Gasteiger partial charge in [0.15, 0.2) is 5.69 Å². The van der Waals surface area contributed by atoms with Gasteiger partial charge in [-0.25, -0.2) is 4.68 Å². The molecule has 1 heterocycles. The first-order chi connectivity index (χ1) is 12.5. The summed E-state index contributed by atoms with van der Waals surface area (Å²) in [5, 5.41) is 8.50. The molecule has 3 rings (SSSR count). The van der Waals surface area contributed by atoms with Crippen molar-refractivity contribution in [2.75, 3.05) is 0 Å². The van der Waals surface area contributed by atoms with Crippen LogP contribution in [0, 0.1) is 5.92 Å². The van der Waals surface area contributed by atoms with E-state index in [-0.39, 0.29) is 29.1 Å². The molecule has 1 amide bonds. The van der Waals surface area contributed by atoms with Gasteiger partial charge in [-0.1, -0.05) is 62.4 Å². The minimum absolute atomic E-state index is 0.133. The number of hydrogen-bond acceptors (Lipinski definition) is 3. The van der Waals surface area contributed by atoms with Crippen molar-refractivity contribution in [3.8, 4) is 0 Å². The molecule has 0 fully saturated rings. The number of carbonyl (C=O) groups is 1. The fourth-order valence-electron chi connectivity index (χ4n) is 3.12. The van der Waals surface area contributed by atoms with Crippen LogP contribution in [-0.2, 0) is 6.54 Å². The second-order valence-electron chi connectivity index (χ2n) is 6.62. The van der Waals surface area contributed by atoms with Gasteiger partial charge in [0.05, 0.1) is 11.4 Å². The molecular weight excluding hydrogens is 326 g/mol. The van der Waals surface area contributed by atoms with Gasteiger partial charge < -0.3 is 5.32 Å². The monoisotopic (exact) mass is 349 g/mol. The van der Waals surface area contributed by atoms with E-state index in [1.807, 2.05) is 43.3 Å². The van der Waals surface area contributed by atoms with E-state index in [0.717, 1.165) is 5.56 Å². The summed E-state index contributed by atoms with van der Waals surface area (Å²) in [6, 6.07) is 16.9. The van der Waals surface area contributed by atoms with Gasteiger partial charge in [-0.05, 0) is 24.5 Å². The summed E-state index contributed by atoms with van der Waals surface area (Å²) in [7, 11) is 0. The van der Waals surface area contributed by atoms with Crippen LogP contribution in [0.25, 0.3) is 10.8 Å². The Morgan fingerprint density at radius 2 is 1.65 bits per heavy atom. The number of carbonyl (C=O) groups excluding carboxylic acids is 1. The maximum Gasteiger partial charge on any atom is 0.274 e. The Morgan fingerprint density at radius 3 is 2.27 bits per heavy atom. The normalized spacial score (nSPS) is 12.3. The number of hydrogen-bond donors (Lipinski definition) is 1. The highest BCUT2D eigenvalue weighted by atomic mass is 16.2. The Kier molecular flexibility index (Phi) is 5.16. The maximum absolute atomic E-state index is 13.0. The van der Waals surface area contributed by atoms with Crippen LogP contribution in [-0.4, -0.2) is 15.7 Å². The SMILES string of the molecule is CCn1nc(C(=O)N[C@H](c2ccccc2)C(C)C)c2ccccc2c1=O. The number of rotatable bonds is 5. The van der Waals surface area contributed by atoms with E-state index in [1.165, 1.54) is 4.68 Å². The lowest BCUT2D eigenvalue weighted by molar-refractivity contribution is 0.0920. The van der Waals surface area contributed by atoms with Gasteiger partial charge in [-0.3, -0.25) is 9.59 Å². The molecule has 0 aliphatic carbocycles. The summed E-state index contributed by atoms with van der Waals surface area (Å²) in [4.78, 5) is 25.5. The summed E-state index contributed by atoms with van der Waals surface area (Å²) in [5.74, 6) is -0.0596. The summed E-state index contributed by atoms with van der Waals surface area (Å²) in [6.07, 6.45) is 0. The molecular formula is C21H23N3O2. The van der Waals surface area contributed by atoms with Crippen molar-refractivity contribution in [3.63, 3.8) is 0 Å². The van der Waals surface area contributed by atoms with Gasteiger partial charge >= 0.3 is 0 Å². The molecule has 134 valence electrons. The molecule has 0 radical (unpaired) electrons. The summed E-state index contributed by atoms with van der Waals surface area (Å²) < 4.78 is 1.34. The van der Waals surface area contributed by atoms with E-state index in [1.54, 1.807) is 18.2 Å². The van der Waals surface area contributed by atoms with Crippen LogP contribution in [0.1, 0.15) is 42.9 Å². The van der Waals surface area contributed by atoms with Gasteiger partial charge in [-0.2, -0.15) is 5.10 Å². The van der Waals surface area contributed by atoms with Crippen molar-refractivity contribution in [3.05, 3.63) is 76.2 Å². The zero-order valence-electron chi connectivity index (χ0n) is 15.3. The lowest BCUT2D eigenvalue weighted by Gasteiger charge is -2.23. The lowest BCUT2D eigenvalue weighted by Crippen LogP contribution is -2.34. The largest absolute Gasteiger partial charge is 0.344 e. The third-order valence-electron chi connectivity index (χ3n) is 4.49. The number of benzene rings is 2. The summed E-state index contributed by atoms with van der Waals surface area (Å²) in [5.41, 5.74) is 1.15. The average molecular weight is 349 g/mol. The molecule has 2 aromatic carbocycles. The third kappa shape index (κ3) is 3.38. The summed E-state index contributed by atoms with van der Waals surface area (Å²) >= 11 is 0. The maximum atomic E-state index is 13.0. The average Bonchev–Trinajstić information content (AvgIpc) is 2.67. The number of nitrogens with zero attached hydrogens (tertiary/aromatic N) is 2. The van der Waals surface area contributed by atoms with Crippen LogP contribution in [0.4, 0.5) is 0 Å². The highest BCUT2D eigenvalue weighted by molar-refractivity contribution is 6.04. The Morgan fingerprint density at radius 1 is 1.04 bits per heavy atom. The van der Waals surface area contributed by atoms with Crippen LogP contribution < -0.4 is 10.9 Å². The van der Waals surface area contributed by atoms with Crippen molar-refractivity contribution in [2.24, 2.45) is 5.92 Å². The molecule has 0 spiro atoms. The lowest BCUT2D eigenvalue weighted by atomic mass is 9.96. The van der Waals surface area contributed by atoms with Crippen LogP contribution in [0.15, 0.2) is 59.4 Å². The van der Waals surface area contributed by atoms with Crippen molar-refractivity contribution < 1.29 is 4.79 Å². The smallest absolute Gasteiger partial charge is 0.274 e. The van der Waals surface area contributed by atoms with Gasteiger partial charge in [0.1, 0.15) is 0 Å². The number of aromatic nitrogens is 2. The number of amides is 1. The molecule has 0 aliphatic rings. The number of fused-ring (bicyclic) bond motifs is 1. The molecule has 0 saturated heterocycles. The predicted octanol–water partition coefficient (Wildman–Crippen LogP) is 3.54. The molecule has 0 aliphatic heterocycles. The van der Waals surface area contributed by atoms with Crippen molar-refractivity contribution in [1.82, 2.24) is 15.1 Å². The van der Waals surface area contributed by atoms with E-state index in [2.05, 4.69) is 24.3 Å².